The van der Waals surface area contributed by atoms with Crippen molar-refractivity contribution in [3.8, 4) is 11.5 Å². The Bertz CT molecular complexity index is 1290. The number of halogens is 2. The van der Waals surface area contributed by atoms with Crippen molar-refractivity contribution in [1.29, 1.82) is 0 Å². The quantitative estimate of drug-likeness (QED) is 0.426. The Kier molecular flexibility index (Phi) is 8.86. The molecule has 5 rings (SSSR count). The fourth-order valence-corrected chi connectivity index (χ4v) is 6.40. The topological polar surface area (TPSA) is 101 Å². The summed E-state index contributed by atoms with van der Waals surface area (Å²) in [6.45, 7) is 4.05. The molecule has 0 unspecified atom stereocenters. The van der Waals surface area contributed by atoms with Gasteiger partial charge in [0, 0.05) is 32.2 Å². The van der Waals surface area contributed by atoms with Crippen LogP contribution in [0.1, 0.15) is 74.0 Å². The summed E-state index contributed by atoms with van der Waals surface area (Å²) in [6.07, 6.45) is 8.27. The van der Waals surface area contributed by atoms with Gasteiger partial charge in [0.1, 0.15) is 11.9 Å². The van der Waals surface area contributed by atoms with Gasteiger partial charge in [0.15, 0.2) is 11.6 Å². The van der Waals surface area contributed by atoms with E-state index in [0.29, 0.717) is 49.5 Å². The second-order valence-corrected chi connectivity index (χ2v) is 12.4. The molecule has 1 N–H and O–H groups in total. The molecule has 1 amide bonds. The van der Waals surface area contributed by atoms with Crippen LogP contribution in [0, 0.1) is 17.6 Å². The molecule has 3 fully saturated rings. The van der Waals surface area contributed by atoms with Crippen LogP contribution in [-0.4, -0.2) is 67.3 Å². The highest BCUT2D eigenvalue weighted by atomic mass is 32.2. The third-order valence-corrected chi connectivity index (χ3v) is 9.37. The van der Waals surface area contributed by atoms with Gasteiger partial charge in [0.05, 0.1) is 24.1 Å². The minimum Gasteiger partial charge on any atom is -0.492 e. The molecule has 1 aromatic heterocycles. The Hall–Kier alpha value is -2.83. The molecule has 3 aliphatic rings. The lowest BCUT2D eigenvalue weighted by atomic mass is 10.1. The lowest BCUT2D eigenvalue weighted by Crippen LogP contribution is -2.54. The summed E-state index contributed by atoms with van der Waals surface area (Å²) in [5.74, 6) is -3.27. The number of piperazine rings is 1. The molecule has 0 bridgehead atoms. The fraction of sp³-hybridized carbons (Fsp3) is 0.571. The van der Waals surface area contributed by atoms with Gasteiger partial charge < -0.3 is 9.47 Å². The molecule has 218 valence electrons. The lowest BCUT2D eigenvalue weighted by molar-refractivity contribution is 0.0969. The molecule has 2 saturated carbocycles. The third-order valence-electron chi connectivity index (χ3n) is 7.88. The average molecular weight is 579 g/mol. The first kappa shape index (κ1) is 28.7. The summed E-state index contributed by atoms with van der Waals surface area (Å²) < 4.78 is 70.0. The number of nitrogens with zero attached hydrogens (tertiary/aromatic N) is 3. The first-order valence-electron chi connectivity index (χ1n) is 14.0. The van der Waals surface area contributed by atoms with E-state index in [9.17, 15) is 22.0 Å². The molecule has 2 aromatic rings. The standard InChI is InChI=1S/C28H36F2N4O5S/c1-2-24(23-11-9-21(17-31-23)38-18-19-7-8-19)39-25-12-10-22(26(29)27(25)30)28(35)32-40(36,37)34-15-13-33(14-16-34)20-5-3-4-6-20/h9-12,17,19-20,24H,2-8,13-16,18H2,1H3,(H,32,35)/t24-/m1/s1. The Morgan fingerprint density at radius 2 is 1.77 bits per heavy atom. The molecule has 1 aliphatic heterocycles. The lowest BCUT2D eigenvalue weighted by Gasteiger charge is -2.37. The zero-order valence-corrected chi connectivity index (χ0v) is 23.5. The van der Waals surface area contributed by atoms with E-state index >= 15 is 0 Å². The molecule has 2 aliphatic carbocycles. The van der Waals surface area contributed by atoms with Crippen molar-refractivity contribution in [1.82, 2.24) is 18.9 Å². The van der Waals surface area contributed by atoms with E-state index in [4.69, 9.17) is 9.47 Å². The minimum absolute atomic E-state index is 0.225. The van der Waals surface area contributed by atoms with Crippen LogP contribution in [0.5, 0.6) is 11.5 Å². The molecule has 40 heavy (non-hydrogen) atoms. The van der Waals surface area contributed by atoms with Crippen molar-refractivity contribution in [2.24, 2.45) is 5.92 Å². The molecule has 0 spiro atoms. The van der Waals surface area contributed by atoms with Gasteiger partial charge in [0.25, 0.3) is 5.91 Å². The number of carbonyl (C=O) groups is 1. The monoisotopic (exact) mass is 578 g/mol. The zero-order valence-electron chi connectivity index (χ0n) is 22.7. The number of nitrogens with one attached hydrogen (secondary N) is 1. The highest BCUT2D eigenvalue weighted by molar-refractivity contribution is 7.87. The second kappa shape index (κ2) is 12.4. The van der Waals surface area contributed by atoms with Crippen LogP contribution in [0.15, 0.2) is 30.5 Å². The predicted molar refractivity (Wildman–Crippen MR) is 144 cm³/mol. The van der Waals surface area contributed by atoms with Gasteiger partial charge in [-0.3, -0.25) is 14.7 Å². The van der Waals surface area contributed by atoms with E-state index in [-0.39, 0.29) is 13.1 Å². The number of ether oxygens (including phenoxy) is 2. The summed E-state index contributed by atoms with van der Waals surface area (Å²) in [5, 5.41) is 0. The van der Waals surface area contributed by atoms with E-state index in [2.05, 4.69) is 9.88 Å². The number of benzene rings is 1. The summed E-state index contributed by atoms with van der Waals surface area (Å²) >= 11 is 0. The van der Waals surface area contributed by atoms with Gasteiger partial charge in [-0.2, -0.15) is 17.1 Å². The molecule has 0 radical (unpaired) electrons. The smallest absolute Gasteiger partial charge is 0.304 e. The van der Waals surface area contributed by atoms with Gasteiger partial charge in [-0.1, -0.05) is 19.8 Å². The summed E-state index contributed by atoms with van der Waals surface area (Å²) in [4.78, 5) is 19.3. The number of aromatic nitrogens is 1. The molecule has 1 atom stereocenters. The normalized spacial score (nSPS) is 19.9. The molecule has 2 heterocycles. The van der Waals surface area contributed by atoms with Gasteiger partial charge >= 0.3 is 10.2 Å². The first-order chi connectivity index (χ1) is 19.2. The Balaban J connectivity index is 1.20. The van der Waals surface area contributed by atoms with E-state index in [1.165, 1.54) is 30.0 Å². The second-order valence-electron chi connectivity index (χ2n) is 10.7. The average Bonchev–Trinajstić information content (AvgIpc) is 3.63. The van der Waals surface area contributed by atoms with Crippen molar-refractivity contribution >= 4 is 16.1 Å². The number of hydrogen-bond acceptors (Lipinski definition) is 7. The fourth-order valence-electron chi connectivity index (χ4n) is 5.29. The van der Waals surface area contributed by atoms with Crippen molar-refractivity contribution in [2.75, 3.05) is 32.8 Å². The van der Waals surface area contributed by atoms with Gasteiger partial charge in [-0.25, -0.2) is 9.11 Å². The van der Waals surface area contributed by atoms with Crippen LogP contribution in [0.25, 0.3) is 0 Å². The van der Waals surface area contributed by atoms with Gasteiger partial charge in [-0.15, -0.1) is 0 Å². The van der Waals surface area contributed by atoms with Crippen molar-refractivity contribution in [3.63, 3.8) is 0 Å². The number of hydrogen-bond donors (Lipinski definition) is 1. The van der Waals surface area contributed by atoms with E-state index < -0.39 is 45.2 Å². The molecule has 1 aromatic carbocycles. The van der Waals surface area contributed by atoms with Crippen molar-refractivity contribution in [3.05, 3.63) is 53.4 Å². The SMILES string of the molecule is CC[C@@H](Oc1ccc(C(=O)NS(=O)(=O)N2CCN(C3CCCC3)CC2)c(F)c1F)c1ccc(OCC2CC2)cn1. The molecule has 1 saturated heterocycles. The highest BCUT2D eigenvalue weighted by Gasteiger charge is 2.33. The van der Waals surface area contributed by atoms with Crippen LogP contribution in [-0.2, 0) is 10.2 Å². The molecule has 12 heteroatoms. The molecule has 9 nitrogen and oxygen atoms in total. The third kappa shape index (κ3) is 6.72. The van der Waals surface area contributed by atoms with Gasteiger partial charge in [0.2, 0.25) is 5.82 Å². The molecular weight excluding hydrogens is 542 g/mol. The van der Waals surface area contributed by atoms with Crippen molar-refractivity contribution < 1.29 is 31.5 Å². The van der Waals surface area contributed by atoms with E-state index in [0.717, 1.165) is 25.0 Å². The summed E-state index contributed by atoms with van der Waals surface area (Å²) in [7, 11) is -4.22. The number of pyridine rings is 1. The van der Waals surface area contributed by atoms with Crippen LogP contribution in [0.3, 0.4) is 0 Å². The van der Waals surface area contributed by atoms with Gasteiger partial charge in [-0.05, 0) is 62.3 Å². The highest BCUT2D eigenvalue weighted by Crippen LogP contribution is 2.31. The first-order valence-corrected chi connectivity index (χ1v) is 15.5. The number of carbonyl (C=O) groups excluding carboxylic acids is 1. The predicted octanol–water partition coefficient (Wildman–Crippen LogP) is 4.21. The largest absolute Gasteiger partial charge is 0.492 e. The minimum atomic E-state index is -4.22. The number of amides is 1. The van der Waals surface area contributed by atoms with Crippen LogP contribution in [0.4, 0.5) is 8.78 Å². The van der Waals surface area contributed by atoms with Crippen LogP contribution < -0.4 is 14.2 Å². The summed E-state index contributed by atoms with van der Waals surface area (Å²) in [6, 6.07) is 6.09. The van der Waals surface area contributed by atoms with E-state index in [1.807, 2.05) is 11.6 Å². The molecular formula is C28H36F2N4O5S. The Labute approximate surface area is 234 Å². The van der Waals surface area contributed by atoms with Crippen molar-refractivity contribution in [2.45, 2.75) is 64.0 Å². The maximum absolute atomic E-state index is 15.0. The van der Waals surface area contributed by atoms with Crippen LogP contribution >= 0.6 is 0 Å². The van der Waals surface area contributed by atoms with Crippen LogP contribution in [0.2, 0.25) is 0 Å². The maximum atomic E-state index is 15.0. The zero-order chi connectivity index (χ0) is 28.3. The number of rotatable bonds is 11. The Morgan fingerprint density at radius 3 is 2.40 bits per heavy atom. The maximum Gasteiger partial charge on any atom is 0.304 e. The van der Waals surface area contributed by atoms with E-state index in [1.54, 1.807) is 18.3 Å². The Morgan fingerprint density at radius 1 is 1.05 bits per heavy atom. The summed E-state index contributed by atoms with van der Waals surface area (Å²) in [5.41, 5.74) is -0.205.